The average Bonchev–Trinajstić information content (AvgIpc) is 3.14. The van der Waals surface area contributed by atoms with Crippen LogP contribution in [0, 0.1) is 0 Å². The summed E-state index contributed by atoms with van der Waals surface area (Å²) in [6.07, 6.45) is 14.3. The quantitative estimate of drug-likeness (QED) is 0.0463. The van der Waals surface area contributed by atoms with Crippen LogP contribution in [0.2, 0.25) is 19.6 Å². The monoisotopic (exact) mass is 735 g/mol. The zero-order valence-electron chi connectivity index (χ0n) is 35.0. The molecule has 288 valence electrons. The lowest BCUT2D eigenvalue weighted by Gasteiger charge is -2.19. The summed E-state index contributed by atoms with van der Waals surface area (Å²) in [5, 5.41) is 21.8. The number of aromatic hydroxyl groups is 2. The first kappa shape index (κ1) is 43.7. The normalized spacial score (nSPS) is 12.3. The van der Waals surface area contributed by atoms with Crippen LogP contribution in [0.3, 0.4) is 0 Å². The third kappa shape index (κ3) is 13.3. The van der Waals surface area contributed by atoms with E-state index in [4.69, 9.17) is 9.98 Å². The van der Waals surface area contributed by atoms with Crippen LogP contribution in [0.25, 0.3) is 10.8 Å². The van der Waals surface area contributed by atoms with Gasteiger partial charge in [0.25, 0.3) is 0 Å². The van der Waals surface area contributed by atoms with E-state index in [0.29, 0.717) is 0 Å². The van der Waals surface area contributed by atoms with Crippen molar-refractivity contribution in [2.24, 2.45) is 9.98 Å². The molecule has 2 N–H and O–H groups in total. The van der Waals surface area contributed by atoms with Gasteiger partial charge in [-0.2, -0.15) is 0 Å². The largest absolute Gasteiger partial charge is 0.504 e. The molecular weight excluding hydrogens is 665 g/mol. The molecule has 4 aromatic rings. The Morgan fingerprint density at radius 1 is 0.491 bits per heavy atom. The number of fused-ring (bicyclic) bond motifs is 1. The number of nitrogens with zero attached hydrogens (tertiary/aromatic N) is 2. The molecule has 0 saturated carbocycles. The number of benzene rings is 4. The lowest BCUT2D eigenvalue weighted by Crippen LogP contribution is -2.24. The van der Waals surface area contributed by atoms with E-state index in [1.54, 1.807) is 12.1 Å². The molecule has 0 aliphatic heterocycles. The molecule has 0 heterocycles. The zero-order valence-corrected chi connectivity index (χ0v) is 36.0. The predicted octanol–water partition coefficient (Wildman–Crippen LogP) is 14.2. The van der Waals surface area contributed by atoms with Gasteiger partial charge >= 0.3 is 0 Å². The van der Waals surface area contributed by atoms with Gasteiger partial charge in [-0.15, -0.1) is 0 Å². The first-order chi connectivity index (χ1) is 25.4. The molecule has 4 nitrogen and oxygen atoms in total. The molecule has 0 fully saturated rings. The Hall–Kier alpha value is -3.70. The maximum Gasteiger partial charge on any atom is 0.158 e. The summed E-state index contributed by atoms with van der Waals surface area (Å²) < 4.78 is 0. The Labute approximate surface area is 323 Å². The summed E-state index contributed by atoms with van der Waals surface area (Å²) in [5.74, 6) is -0.0528. The molecule has 0 radical (unpaired) electrons. The molecule has 0 aromatic heterocycles. The maximum absolute atomic E-state index is 9.82. The molecule has 53 heavy (non-hydrogen) atoms. The van der Waals surface area contributed by atoms with Gasteiger partial charge in [0.15, 0.2) is 11.5 Å². The van der Waals surface area contributed by atoms with Gasteiger partial charge in [0.1, 0.15) is 0 Å². The number of hydrogen-bond acceptors (Lipinski definition) is 4. The van der Waals surface area contributed by atoms with Crippen molar-refractivity contribution in [3.8, 4) is 11.5 Å². The van der Waals surface area contributed by atoms with Crippen molar-refractivity contribution in [2.45, 2.75) is 158 Å². The van der Waals surface area contributed by atoms with Gasteiger partial charge in [-0.05, 0) is 144 Å². The molecule has 0 unspecified atom stereocenters. The van der Waals surface area contributed by atoms with Crippen LogP contribution >= 0.6 is 0 Å². The smallest absolute Gasteiger partial charge is 0.158 e. The molecule has 0 aliphatic rings. The second-order valence-corrected chi connectivity index (χ2v) is 21.2. The summed E-state index contributed by atoms with van der Waals surface area (Å²) in [7, 11) is -1.23. The number of aryl methyl sites for hydroxylation is 5. The van der Waals surface area contributed by atoms with Gasteiger partial charge in [0.2, 0.25) is 0 Å². The van der Waals surface area contributed by atoms with Crippen LogP contribution in [-0.2, 0) is 38.1 Å². The van der Waals surface area contributed by atoms with E-state index in [-0.39, 0.29) is 11.5 Å². The summed E-state index contributed by atoms with van der Waals surface area (Å²) in [6.45, 7) is 22.7. The van der Waals surface area contributed by atoms with Gasteiger partial charge in [-0.25, -0.2) is 0 Å². The molecule has 0 spiro atoms. The summed E-state index contributed by atoms with van der Waals surface area (Å²) in [5.41, 5.74) is 12.8. The lowest BCUT2D eigenvalue weighted by molar-refractivity contribution is 0.405. The van der Waals surface area contributed by atoms with Crippen molar-refractivity contribution in [3.63, 3.8) is 0 Å². The minimum atomic E-state index is -1.23. The number of aliphatic imine (C=N–C) groups is 2. The molecule has 0 amide bonds. The van der Waals surface area contributed by atoms with E-state index in [2.05, 4.69) is 117 Å². The fourth-order valence-electron chi connectivity index (χ4n) is 7.14. The Bertz CT molecular complexity index is 1820. The third-order valence-electron chi connectivity index (χ3n) is 10.1. The van der Waals surface area contributed by atoms with Crippen molar-refractivity contribution in [1.29, 1.82) is 0 Å². The Morgan fingerprint density at radius 2 is 0.925 bits per heavy atom. The van der Waals surface area contributed by atoms with E-state index >= 15 is 0 Å². The average molecular weight is 735 g/mol. The van der Waals surface area contributed by atoms with Gasteiger partial charge in [-0.1, -0.05) is 118 Å². The fraction of sp³-hybridized carbons (Fsp3) is 0.500. The minimum Gasteiger partial charge on any atom is -0.504 e. The second kappa shape index (κ2) is 21.9. The number of phenolic OH excluding ortho intramolecular Hbond substituents is 2. The Kier molecular flexibility index (Phi) is 18.0. The number of unbranched alkanes of at least 4 members (excludes halogenated alkanes) is 3. The summed E-state index contributed by atoms with van der Waals surface area (Å²) in [6, 6.07) is 22.4. The molecule has 4 rings (SSSR count). The Balaban J connectivity index is 0.000000321. The topological polar surface area (TPSA) is 65.2 Å². The van der Waals surface area contributed by atoms with E-state index in [1.807, 2.05) is 0 Å². The van der Waals surface area contributed by atoms with Crippen molar-refractivity contribution >= 4 is 41.6 Å². The molecule has 4 aromatic carbocycles. The highest BCUT2D eigenvalue weighted by molar-refractivity contribution is 6.75. The molecule has 5 heteroatoms. The molecule has 0 atom stereocenters. The molecule has 0 saturated heterocycles. The Morgan fingerprint density at radius 3 is 1.36 bits per heavy atom. The van der Waals surface area contributed by atoms with Crippen LogP contribution in [-0.4, -0.2) is 29.7 Å². The first-order valence-electron chi connectivity index (χ1n) is 20.8. The van der Waals surface area contributed by atoms with Crippen molar-refractivity contribution < 1.29 is 10.2 Å². The van der Waals surface area contributed by atoms with E-state index in [9.17, 15) is 10.2 Å². The van der Waals surface area contributed by atoms with E-state index < -0.39 is 8.07 Å². The third-order valence-corrected chi connectivity index (χ3v) is 11.5. The SMILES string of the molecule is CCCCCC(=Nc1ccc(CC)c(CC)c1)C(CCCC)=Nc1ccc(CC)c(CC)c1.CCCc1ccc(C[Si](C)(C)C)c2cc(O)c(O)cc12. The standard InChI is InChI=1S/C31H46N2.C17H24O2Si/c1-7-13-15-17-31(33-29-21-19-25(10-4)27(12-6)23-29)30(16-14-8-2)32-28-20-18-24(9-3)26(11-5)22-28;1-5-6-12-7-8-13(11-20(2,3)4)15-10-17(19)16(18)9-14(12)15/h18-23H,7-17H2,1-6H3;7-10,18-19H,5-6,11H2,1-4H3. The van der Waals surface area contributed by atoms with Crippen molar-refractivity contribution in [3.05, 3.63) is 94.0 Å². The second-order valence-electron chi connectivity index (χ2n) is 15.8. The van der Waals surface area contributed by atoms with Gasteiger partial charge in [-0.3, -0.25) is 9.98 Å². The highest BCUT2D eigenvalue weighted by Gasteiger charge is 2.18. The number of rotatable bonds is 18. The van der Waals surface area contributed by atoms with Crippen molar-refractivity contribution in [2.75, 3.05) is 0 Å². The van der Waals surface area contributed by atoms with Crippen LogP contribution in [0.1, 0.15) is 133 Å². The van der Waals surface area contributed by atoms with Crippen LogP contribution in [0.4, 0.5) is 11.4 Å². The molecule has 0 bridgehead atoms. The zero-order chi connectivity index (χ0) is 39.0. The van der Waals surface area contributed by atoms with Crippen LogP contribution < -0.4 is 0 Å². The highest BCUT2D eigenvalue weighted by atomic mass is 28.3. The van der Waals surface area contributed by atoms with Crippen LogP contribution in [0.15, 0.2) is 70.6 Å². The van der Waals surface area contributed by atoms with Gasteiger partial charge in [0.05, 0.1) is 22.8 Å². The summed E-state index contributed by atoms with van der Waals surface area (Å²) in [4.78, 5) is 10.4. The maximum atomic E-state index is 9.82. The number of hydrogen-bond donors (Lipinski definition) is 2. The van der Waals surface area contributed by atoms with Gasteiger partial charge in [0, 0.05) is 8.07 Å². The molecular formula is C48H70N2O2Si. The minimum absolute atomic E-state index is 0.0250. The number of phenols is 2. The van der Waals surface area contributed by atoms with Gasteiger partial charge < -0.3 is 10.2 Å². The molecule has 0 aliphatic carbocycles. The first-order valence-corrected chi connectivity index (χ1v) is 24.5. The summed E-state index contributed by atoms with van der Waals surface area (Å²) >= 11 is 0. The van der Waals surface area contributed by atoms with Crippen LogP contribution in [0.5, 0.6) is 11.5 Å². The van der Waals surface area contributed by atoms with Crippen molar-refractivity contribution in [1.82, 2.24) is 0 Å². The van der Waals surface area contributed by atoms with E-state index in [0.717, 1.165) is 86.0 Å². The predicted molar refractivity (Wildman–Crippen MR) is 237 cm³/mol. The van der Waals surface area contributed by atoms with E-state index in [1.165, 1.54) is 70.5 Å². The fourth-order valence-corrected chi connectivity index (χ4v) is 8.59. The lowest BCUT2D eigenvalue weighted by atomic mass is 9.97. The highest BCUT2D eigenvalue weighted by Crippen LogP contribution is 2.35.